The molecule has 0 radical (unpaired) electrons. The molecule has 11 heavy (non-hydrogen) atoms. The van der Waals surface area contributed by atoms with Gasteiger partial charge in [0, 0.05) is 6.54 Å². The fraction of sp³-hybridized carbons (Fsp3) is 1.00. The largest absolute Gasteiger partial charge is 0.395 e. The highest BCUT2D eigenvalue weighted by Crippen LogP contribution is 2.10. The quantitative estimate of drug-likeness (QED) is 0.614. The van der Waals surface area contributed by atoms with E-state index < -0.39 is 0 Å². The van der Waals surface area contributed by atoms with Crippen LogP contribution >= 0.6 is 0 Å². The molecular weight excluding hydrogens is 140 g/mol. The summed E-state index contributed by atoms with van der Waals surface area (Å²) in [6, 6.07) is 0. The third kappa shape index (κ3) is 3.70. The number of hydrogen-bond acceptors (Lipinski definition) is 3. The van der Waals surface area contributed by atoms with Crippen LogP contribution in [0.2, 0.25) is 0 Å². The van der Waals surface area contributed by atoms with Crippen molar-refractivity contribution in [3.8, 4) is 0 Å². The van der Waals surface area contributed by atoms with Crippen LogP contribution in [0, 0.1) is 0 Å². The molecule has 0 aromatic heterocycles. The van der Waals surface area contributed by atoms with Gasteiger partial charge in [0.2, 0.25) is 0 Å². The average Bonchev–Trinajstić information content (AvgIpc) is 2.42. The molecule has 1 rings (SSSR count). The fourth-order valence-electron chi connectivity index (χ4n) is 1.26. The standard InChI is InChI=1S/C6H14N2O.C2H6/c7-6-2-1-3-8(6)4-5-9;1-2/h6,9H,1-5,7H2;1-2H3. The van der Waals surface area contributed by atoms with Crippen LogP contribution in [0.4, 0.5) is 0 Å². The summed E-state index contributed by atoms with van der Waals surface area (Å²) in [5, 5.41) is 8.55. The Hall–Kier alpha value is -0.120. The third-order valence-electron chi connectivity index (χ3n) is 1.80. The zero-order valence-electron chi connectivity index (χ0n) is 7.58. The molecule has 0 aliphatic carbocycles. The van der Waals surface area contributed by atoms with Crippen molar-refractivity contribution in [3.63, 3.8) is 0 Å². The van der Waals surface area contributed by atoms with Gasteiger partial charge in [-0.15, -0.1) is 0 Å². The summed E-state index contributed by atoms with van der Waals surface area (Å²) < 4.78 is 0. The number of nitrogens with zero attached hydrogens (tertiary/aromatic N) is 1. The molecule has 1 heterocycles. The second-order valence-corrected chi connectivity index (χ2v) is 2.47. The minimum Gasteiger partial charge on any atom is -0.395 e. The van der Waals surface area contributed by atoms with Crippen molar-refractivity contribution in [1.29, 1.82) is 0 Å². The van der Waals surface area contributed by atoms with Gasteiger partial charge in [-0.1, -0.05) is 13.8 Å². The second-order valence-electron chi connectivity index (χ2n) is 2.47. The van der Waals surface area contributed by atoms with Crippen LogP contribution < -0.4 is 5.73 Å². The van der Waals surface area contributed by atoms with E-state index in [1.54, 1.807) is 0 Å². The number of hydrogen-bond donors (Lipinski definition) is 2. The normalized spacial score (nSPS) is 24.5. The Morgan fingerprint density at radius 2 is 2.18 bits per heavy atom. The summed E-state index contributed by atoms with van der Waals surface area (Å²) in [5.41, 5.74) is 5.68. The minimum atomic E-state index is 0.206. The van der Waals surface area contributed by atoms with Gasteiger partial charge in [0.25, 0.3) is 0 Å². The summed E-state index contributed by atoms with van der Waals surface area (Å²) in [6.45, 7) is 6.02. The molecule has 0 aromatic carbocycles. The number of likely N-dealkylation sites (tertiary alicyclic amines) is 1. The molecule has 3 N–H and O–H groups in total. The SMILES string of the molecule is CC.NC1CCCN1CCO. The van der Waals surface area contributed by atoms with Crippen LogP contribution in [0.5, 0.6) is 0 Å². The van der Waals surface area contributed by atoms with E-state index >= 15 is 0 Å². The predicted molar refractivity (Wildman–Crippen MR) is 47.2 cm³/mol. The predicted octanol–water partition coefficient (Wildman–Crippen LogP) is 0.385. The number of β-amino-alcohol motifs (C(OH)–C–C–N with tert-alkyl or cyclic N) is 1. The molecule has 1 fully saturated rings. The molecule has 0 spiro atoms. The van der Waals surface area contributed by atoms with Crippen molar-refractivity contribution >= 4 is 0 Å². The third-order valence-corrected chi connectivity index (χ3v) is 1.80. The molecule has 3 nitrogen and oxygen atoms in total. The van der Waals surface area contributed by atoms with E-state index in [0.29, 0.717) is 0 Å². The molecule has 1 saturated heterocycles. The lowest BCUT2D eigenvalue weighted by atomic mass is 10.3. The molecule has 1 unspecified atom stereocenters. The van der Waals surface area contributed by atoms with Crippen molar-refractivity contribution in [2.24, 2.45) is 5.73 Å². The van der Waals surface area contributed by atoms with E-state index in [2.05, 4.69) is 4.90 Å². The maximum absolute atomic E-state index is 8.55. The molecule has 3 heteroatoms. The monoisotopic (exact) mass is 160 g/mol. The first-order chi connectivity index (χ1) is 5.34. The van der Waals surface area contributed by atoms with Crippen molar-refractivity contribution in [2.45, 2.75) is 32.9 Å². The fourth-order valence-corrected chi connectivity index (χ4v) is 1.26. The van der Waals surface area contributed by atoms with Crippen LogP contribution in [0.25, 0.3) is 0 Å². The molecule has 0 aromatic rings. The van der Waals surface area contributed by atoms with Crippen LogP contribution in [0.3, 0.4) is 0 Å². The number of aliphatic hydroxyl groups excluding tert-OH is 1. The van der Waals surface area contributed by atoms with Gasteiger partial charge in [-0.25, -0.2) is 0 Å². The lowest BCUT2D eigenvalue weighted by molar-refractivity contribution is 0.187. The van der Waals surface area contributed by atoms with Crippen LogP contribution in [-0.4, -0.2) is 35.9 Å². The Balaban J connectivity index is 0.000000461. The van der Waals surface area contributed by atoms with Crippen LogP contribution in [0.1, 0.15) is 26.7 Å². The van der Waals surface area contributed by atoms with Gasteiger partial charge >= 0.3 is 0 Å². The highest BCUT2D eigenvalue weighted by Gasteiger charge is 2.18. The maximum Gasteiger partial charge on any atom is 0.0573 e. The van der Waals surface area contributed by atoms with Gasteiger partial charge in [0.1, 0.15) is 0 Å². The van der Waals surface area contributed by atoms with E-state index in [9.17, 15) is 0 Å². The van der Waals surface area contributed by atoms with Gasteiger partial charge < -0.3 is 10.8 Å². The highest BCUT2D eigenvalue weighted by molar-refractivity contribution is 4.72. The average molecular weight is 160 g/mol. The van der Waals surface area contributed by atoms with Gasteiger partial charge in [0.05, 0.1) is 12.8 Å². The summed E-state index contributed by atoms with van der Waals surface area (Å²) in [6.07, 6.45) is 2.47. The Kier molecular flexibility index (Phi) is 6.51. The molecular formula is C8H20N2O. The molecule has 0 bridgehead atoms. The van der Waals surface area contributed by atoms with Crippen LogP contribution in [0.15, 0.2) is 0 Å². The van der Waals surface area contributed by atoms with Crippen molar-refractivity contribution in [3.05, 3.63) is 0 Å². The van der Waals surface area contributed by atoms with Gasteiger partial charge in [-0.2, -0.15) is 0 Å². The Bertz CT molecular complexity index is 88.2. The first-order valence-electron chi connectivity index (χ1n) is 4.45. The van der Waals surface area contributed by atoms with Crippen molar-refractivity contribution in [2.75, 3.05) is 19.7 Å². The van der Waals surface area contributed by atoms with Crippen molar-refractivity contribution in [1.82, 2.24) is 4.90 Å². The Labute approximate surface area is 69.2 Å². The van der Waals surface area contributed by atoms with Crippen molar-refractivity contribution < 1.29 is 5.11 Å². The zero-order chi connectivity index (χ0) is 8.69. The molecule has 1 atom stereocenters. The topological polar surface area (TPSA) is 49.5 Å². The first-order valence-corrected chi connectivity index (χ1v) is 4.45. The summed E-state index contributed by atoms with van der Waals surface area (Å²) >= 11 is 0. The van der Waals surface area contributed by atoms with E-state index in [1.165, 1.54) is 6.42 Å². The summed E-state index contributed by atoms with van der Waals surface area (Å²) in [7, 11) is 0. The maximum atomic E-state index is 8.55. The Morgan fingerprint density at radius 1 is 1.55 bits per heavy atom. The Morgan fingerprint density at radius 3 is 2.55 bits per heavy atom. The lowest BCUT2D eigenvalue weighted by Crippen LogP contribution is -2.38. The van der Waals surface area contributed by atoms with E-state index in [-0.39, 0.29) is 12.8 Å². The summed E-state index contributed by atoms with van der Waals surface area (Å²) in [4.78, 5) is 2.11. The van der Waals surface area contributed by atoms with Gasteiger partial charge in [-0.3, -0.25) is 4.90 Å². The van der Waals surface area contributed by atoms with E-state index in [0.717, 1.165) is 19.5 Å². The lowest BCUT2D eigenvalue weighted by Gasteiger charge is -2.18. The zero-order valence-corrected chi connectivity index (χ0v) is 7.58. The minimum absolute atomic E-state index is 0.206. The first kappa shape index (κ1) is 10.9. The van der Waals surface area contributed by atoms with Gasteiger partial charge in [0.15, 0.2) is 0 Å². The molecule has 0 saturated carbocycles. The molecule has 0 amide bonds. The summed E-state index contributed by atoms with van der Waals surface area (Å²) in [5.74, 6) is 0. The molecule has 1 aliphatic rings. The molecule has 68 valence electrons. The number of nitrogens with two attached hydrogens (primary N) is 1. The number of aliphatic hydroxyl groups is 1. The van der Waals surface area contributed by atoms with Crippen LogP contribution in [-0.2, 0) is 0 Å². The van der Waals surface area contributed by atoms with Gasteiger partial charge in [-0.05, 0) is 19.4 Å². The number of rotatable bonds is 2. The second kappa shape index (κ2) is 6.58. The van der Waals surface area contributed by atoms with E-state index in [4.69, 9.17) is 10.8 Å². The highest BCUT2D eigenvalue weighted by atomic mass is 16.3. The smallest absolute Gasteiger partial charge is 0.0573 e. The molecule has 1 aliphatic heterocycles. The van der Waals surface area contributed by atoms with E-state index in [1.807, 2.05) is 13.8 Å².